The average Bonchev–Trinajstić information content (AvgIpc) is 2.81. The summed E-state index contributed by atoms with van der Waals surface area (Å²) in [5.41, 5.74) is 2.32. The van der Waals surface area contributed by atoms with E-state index in [1.165, 1.54) is 5.56 Å². The number of hydrogen-bond donors (Lipinski definition) is 1. The Kier molecular flexibility index (Phi) is 11.4. The van der Waals surface area contributed by atoms with Crippen LogP contribution in [0.4, 0.5) is 0 Å². The van der Waals surface area contributed by atoms with Crippen LogP contribution in [0.25, 0.3) is 0 Å². The largest absolute Gasteiger partial charge is 0.483 e. The number of rotatable bonds is 13. The second kappa shape index (κ2) is 14.0. The molecule has 1 unspecified atom stereocenters. The van der Waals surface area contributed by atoms with Gasteiger partial charge in [0.25, 0.3) is 5.91 Å². The molecule has 1 N–H and O–H groups in total. The summed E-state index contributed by atoms with van der Waals surface area (Å²) in [7, 11) is 0. The number of nitrogens with one attached hydrogen (secondary N) is 1. The quantitative estimate of drug-likeness (QED) is 0.346. The van der Waals surface area contributed by atoms with Crippen molar-refractivity contribution >= 4 is 27.7 Å². The molecule has 5 nitrogen and oxygen atoms in total. The van der Waals surface area contributed by atoms with E-state index in [4.69, 9.17) is 4.74 Å². The van der Waals surface area contributed by atoms with Crippen LogP contribution in [0.2, 0.25) is 0 Å². The molecule has 0 fully saturated rings. The van der Waals surface area contributed by atoms with Crippen molar-refractivity contribution in [3.05, 3.63) is 64.1 Å². The van der Waals surface area contributed by atoms with Gasteiger partial charge in [0, 0.05) is 13.1 Å². The van der Waals surface area contributed by atoms with Crippen molar-refractivity contribution in [2.24, 2.45) is 0 Å². The first-order valence-electron chi connectivity index (χ1n) is 11.9. The highest BCUT2D eigenvalue weighted by Gasteiger charge is 2.28. The first kappa shape index (κ1) is 26.9. The van der Waals surface area contributed by atoms with Crippen LogP contribution in [0.15, 0.2) is 53.0 Å². The maximum atomic E-state index is 13.3. The Bertz CT molecular complexity index is 886. The zero-order valence-electron chi connectivity index (χ0n) is 20.3. The van der Waals surface area contributed by atoms with E-state index in [0.29, 0.717) is 37.6 Å². The molecule has 33 heavy (non-hydrogen) atoms. The molecule has 1 atom stereocenters. The van der Waals surface area contributed by atoms with Gasteiger partial charge in [-0.25, -0.2) is 0 Å². The van der Waals surface area contributed by atoms with Gasteiger partial charge in [-0.2, -0.15) is 0 Å². The van der Waals surface area contributed by atoms with Gasteiger partial charge in [-0.3, -0.25) is 9.59 Å². The lowest BCUT2D eigenvalue weighted by Gasteiger charge is -2.30. The summed E-state index contributed by atoms with van der Waals surface area (Å²) in [6, 6.07) is 15.4. The highest BCUT2D eigenvalue weighted by molar-refractivity contribution is 9.10. The van der Waals surface area contributed by atoms with Crippen LogP contribution < -0.4 is 10.1 Å². The van der Waals surface area contributed by atoms with Crippen LogP contribution in [0, 0.1) is 0 Å². The van der Waals surface area contributed by atoms with Gasteiger partial charge in [0.1, 0.15) is 11.8 Å². The van der Waals surface area contributed by atoms with E-state index in [2.05, 4.69) is 42.0 Å². The topological polar surface area (TPSA) is 58.6 Å². The van der Waals surface area contributed by atoms with Crippen molar-refractivity contribution < 1.29 is 14.3 Å². The summed E-state index contributed by atoms with van der Waals surface area (Å²) in [6.45, 7) is 9.25. The monoisotopic (exact) mass is 516 g/mol. The van der Waals surface area contributed by atoms with Crippen LogP contribution in [0.5, 0.6) is 5.75 Å². The van der Waals surface area contributed by atoms with Gasteiger partial charge >= 0.3 is 0 Å². The molecule has 0 aromatic heterocycles. The number of unbranched alkanes of at least 4 members (excludes halogenated alkanes) is 1. The summed E-state index contributed by atoms with van der Waals surface area (Å²) < 4.78 is 6.69. The highest BCUT2D eigenvalue weighted by atomic mass is 79.9. The van der Waals surface area contributed by atoms with Crippen LogP contribution in [0.1, 0.15) is 64.0 Å². The Hall–Kier alpha value is -2.34. The standard InChI is InChI=1S/C27H37BrN2O3/c1-5-7-16-29-27(32)24(6-2)30(17-15-21-11-9-8-10-12-21)26(31)19-33-25-14-13-22(20(3)4)18-23(25)28/h8-14,18,20,24H,5-7,15-17,19H2,1-4H3,(H,29,32). The van der Waals surface area contributed by atoms with Crippen LogP contribution in [-0.4, -0.2) is 42.5 Å². The summed E-state index contributed by atoms with van der Waals surface area (Å²) in [5, 5.41) is 2.99. The van der Waals surface area contributed by atoms with Gasteiger partial charge in [0.15, 0.2) is 6.61 Å². The minimum Gasteiger partial charge on any atom is -0.483 e. The molecule has 6 heteroatoms. The molecule has 0 aliphatic carbocycles. The van der Waals surface area contributed by atoms with Crippen molar-refractivity contribution in [1.82, 2.24) is 10.2 Å². The van der Waals surface area contributed by atoms with E-state index >= 15 is 0 Å². The van der Waals surface area contributed by atoms with Gasteiger partial charge < -0.3 is 15.0 Å². The molecule has 2 aromatic rings. The van der Waals surface area contributed by atoms with Crippen molar-refractivity contribution in [2.45, 2.75) is 65.3 Å². The number of carbonyl (C=O) groups excluding carboxylic acids is 2. The van der Waals surface area contributed by atoms with Gasteiger partial charge in [0.05, 0.1) is 4.47 Å². The maximum Gasteiger partial charge on any atom is 0.261 e. The van der Waals surface area contributed by atoms with Gasteiger partial charge in [-0.15, -0.1) is 0 Å². The van der Waals surface area contributed by atoms with Crippen molar-refractivity contribution in [1.29, 1.82) is 0 Å². The number of carbonyl (C=O) groups is 2. The minimum atomic E-state index is -0.520. The van der Waals surface area contributed by atoms with E-state index in [1.807, 2.05) is 55.5 Å². The maximum absolute atomic E-state index is 13.3. The van der Waals surface area contributed by atoms with Crippen LogP contribution in [-0.2, 0) is 16.0 Å². The molecule has 0 heterocycles. The molecule has 0 bridgehead atoms. The Balaban J connectivity index is 2.13. The first-order chi connectivity index (χ1) is 15.9. The van der Waals surface area contributed by atoms with E-state index < -0.39 is 6.04 Å². The molecular weight excluding hydrogens is 480 g/mol. The number of hydrogen-bond acceptors (Lipinski definition) is 3. The minimum absolute atomic E-state index is 0.102. The molecule has 0 spiro atoms. The zero-order valence-corrected chi connectivity index (χ0v) is 21.9. The van der Waals surface area contributed by atoms with Gasteiger partial charge in [-0.05, 0) is 64.4 Å². The molecule has 0 saturated heterocycles. The predicted molar refractivity (Wildman–Crippen MR) is 138 cm³/mol. The van der Waals surface area contributed by atoms with Crippen molar-refractivity contribution in [2.75, 3.05) is 19.7 Å². The lowest BCUT2D eigenvalue weighted by molar-refractivity contribution is -0.142. The third-order valence-corrected chi connectivity index (χ3v) is 6.29. The molecule has 0 aliphatic rings. The zero-order chi connectivity index (χ0) is 24.2. The second-order valence-electron chi connectivity index (χ2n) is 8.52. The van der Waals surface area contributed by atoms with Gasteiger partial charge in [-0.1, -0.05) is 70.5 Å². The molecule has 2 rings (SSSR count). The fourth-order valence-corrected chi connectivity index (χ4v) is 4.13. The Morgan fingerprint density at radius 3 is 2.42 bits per heavy atom. The molecule has 180 valence electrons. The summed E-state index contributed by atoms with van der Waals surface area (Å²) >= 11 is 3.55. The number of halogens is 1. The number of amides is 2. The fourth-order valence-electron chi connectivity index (χ4n) is 3.62. The van der Waals surface area contributed by atoms with E-state index in [0.717, 1.165) is 22.9 Å². The Labute approximate surface area is 207 Å². The molecule has 0 radical (unpaired) electrons. The summed E-state index contributed by atoms with van der Waals surface area (Å²) in [4.78, 5) is 27.8. The lowest BCUT2D eigenvalue weighted by atomic mass is 10.0. The Morgan fingerprint density at radius 2 is 1.82 bits per heavy atom. The fraction of sp³-hybridized carbons (Fsp3) is 0.481. The van der Waals surface area contributed by atoms with E-state index in [-0.39, 0.29) is 18.4 Å². The SMILES string of the molecule is CCCCNC(=O)C(CC)N(CCc1ccccc1)C(=O)COc1ccc(C(C)C)cc1Br. The Morgan fingerprint density at radius 1 is 1.09 bits per heavy atom. The normalized spacial score (nSPS) is 11.8. The second-order valence-corrected chi connectivity index (χ2v) is 9.38. The van der Waals surface area contributed by atoms with E-state index in [9.17, 15) is 9.59 Å². The highest BCUT2D eigenvalue weighted by Crippen LogP contribution is 2.29. The van der Waals surface area contributed by atoms with Crippen molar-refractivity contribution in [3.8, 4) is 5.75 Å². The smallest absolute Gasteiger partial charge is 0.261 e. The molecular formula is C27H37BrN2O3. The third-order valence-electron chi connectivity index (χ3n) is 5.67. The number of ether oxygens (including phenoxy) is 1. The predicted octanol–water partition coefficient (Wildman–Crippen LogP) is 5.72. The molecule has 0 aliphatic heterocycles. The molecule has 2 amide bonds. The lowest BCUT2D eigenvalue weighted by Crippen LogP contribution is -2.51. The van der Waals surface area contributed by atoms with Gasteiger partial charge in [0.2, 0.25) is 5.91 Å². The van der Waals surface area contributed by atoms with Crippen molar-refractivity contribution in [3.63, 3.8) is 0 Å². The number of nitrogens with zero attached hydrogens (tertiary/aromatic N) is 1. The summed E-state index contributed by atoms with van der Waals surface area (Å²) in [5.74, 6) is 0.733. The van der Waals surface area contributed by atoms with Crippen LogP contribution in [0.3, 0.4) is 0 Å². The third kappa shape index (κ3) is 8.50. The van der Waals surface area contributed by atoms with Crippen LogP contribution >= 0.6 is 15.9 Å². The number of benzene rings is 2. The molecule has 0 saturated carbocycles. The average molecular weight is 518 g/mol. The first-order valence-corrected chi connectivity index (χ1v) is 12.7. The summed E-state index contributed by atoms with van der Waals surface area (Å²) in [6.07, 6.45) is 3.15. The van der Waals surface area contributed by atoms with E-state index in [1.54, 1.807) is 4.90 Å². The molecule has 2 aromatic carbocycles.